The van der Waals surface area contributed by atoms with Gasteiger partial charge >= 0.3 is 5.97 Å². The van der Waals surface area contributed by atoms with Gasteiger partial charge in [-0.3, -0.25) is 4.79 Å². The van der Waals surface area contributed by atoms with Crippen molar-refractivity contribution in [3.63, 3.8) is 0 Å². The number of hydrogen-bond donors (Lipinski definition) is 1. The van der Waals surface area contributed by atoms with Crippen molar-refractivity contribution < 1.29 is 14.3 Å². The Kier molecular flexibility index (Phi) is 8.11. The van der Waals surface area contributed by atoms with E-state index in [1.165, 1.54) is 12.8 Å². The molecule has 0 bridgehead atoms. The van der Waals surface area contributed by atoms with Crippen LogP contribution >= 0.6 is 0 Å². The van der Waals surface area contributed by atoms with Crippen molar-refractivity contribution in [2.45, 2.75) is 45.7 Å². The maximum Gasteiger partial charge on any atom is 0.324 e. The molecule has 0 saturated heterocycles. The van der Waals surface area contributed by atoms with Crippen molar-refractivity contribution in [2.75, 3.05) is 40.0 Å². The van der Waals surface area contributed by atoms with Crippen molar-refractivity contribution in [1.82, 2.24) is 10.2 Å². The van der Waals surface area contributed by atoms with E-state index in [4.69, 9.17) is 9.47 Å². The normalized spacial score (nSPS) is 16.7. The molecule has 1 saturated carbocycles. The number of ether oxygens (including phenoxy) is 2. The maximum absolute atomic E-state index is 11.9. The van der Waals surface area contributed by atoms with Crippen LogP contribution in [0.2, 0.25) is 0 Å². The summed E-state index contributed by atoms with van der Waals surface area (Å²) in [6.07, 6.45) is 2.64. The van der Waals surface area contributed by atoms with Crippen LogP contribution in [0.25, 0.3) is 0 Å². The Morgan fingerprint density at radius 2 is 2.10 bits per heavy atom. The van der Waals surface area contributed by atoms with Gasteiger partial charge in [-0.15, -0.1) is 0 Å². The van der Waals surface area contributed by atoms with E-state index in [2.05, 4.69) is 10.2 Å². The minimum atomic E-state index is -0.275. The summed E-state index contributed by atoms with van der Waals surface area (Å²) in [6, 6.07) is -0.0210. The van der Waals surface area contributed by atoms with Gasteiger partial charge in [0.15, 0.2) is 0 Å². The number of nitrogens with zero attached hydrogens (tertiary/aromatic N) is 1. The van der Waals surface area contributed by atoms with Crippen molar-refractivity contribution in [3.8, 4) is 0 Å². The number of likely N-dealkylation sites (N-methyl/N-ethyl adjacent to an activating group) is 1. The summed E-state index contributed by atoms with van der Waals surface area (Å²) < 4.78 is 10.7. The number of hydrogen-bond acceptors (Lipinski definition) is 5. The smallest absolute Gasteiger partial charge is 0.324 e. The third kappa shape index (κ3) is 7.82. The monoisotopic (exact) mass is 286 g/mol. The lowest BCUT2D eigenvalue weighted by molar-refractivity contribution is -0.146. The maximum atomic E-state index is 11.9. The quantitative estimate of drug-likeness (QED) is 0.458. The first-order chi connectivity index (χ1) is 9.52. The second-order valence-electron chi connectivity index (χ2n) is 5.91. The lowest BCUT2D eigenvalue weighted by Crippen LogP contribution is -2.49. The van der Waals surface area contributed by atoms with Gasteiger partial charge in [-0.2, -0.15) is 0 Å². The van der Waals surface area contributed by atoms with Crippen LogP contribution in [0.4, 0.5) is 0 Å². The Hall–Kier alpha value is -0.650. The first-order valence-corrected chi connectivity index (χ1v) is 7.71. The summed E-state index contributed by atoms with van der Waals surface area (Å²) >= 11 is 0. The Morgan fingerprint density at radius 3 is 2.65 bits per heavy atom. The molecule has 118 valence electrons. The minimum absolute atomic E-state index is 0.174. The van der Waals surface area contributed by atoms with E-state index in [1.807, 2.05) is 27.8 Å². The fraction of sp³-hybridized carbons (Fsp3) is 0.933. The number of esters is 1. The van der Waals surface area contributed by atoms with Crippen LogP contribution in [-0.2, 0) is 14.3 Å². The molecular weight excluding hydrogens is 256 g/mol. The highest BCUT2D eigenvalue weighted by atomic mass is 16.5. The van der Waals surface area contributed by atoms with Gasteiger partial charge in [-0.25, -0.2) is 0 Å². The van der Waals surface area contributed by atoms with Crippen LogP contribution in [0, 0.1) is 5.92 Å². The van der Waals surface area contributed by atoms with Gasteiger partial charge in [0, 0.05) is 25.7 Å². The van der Waals surface area contributed by atoms with Gasteiger partial charge in [-0.05, 0) is 32.7 Å². The molecule has 1 rings (SSSR count). The molecule has 1 atom stereocenters. The first kappa shape index (κ1) is 17.4. The average Bonchev–Trinajstić information content (AvgIpc) is 3.17. The molecule has 1 unspecified atom stereocenters. The SMILES string of the molecule is CCOC(=O)C(CN(C)CCOCC1CC1)NC(C)C. The summed E-state index contributed by atoms with van der Waals surface area (Å²) in [6.45, 7) is 9.41. The molecule has 0 aromatic heterocycles. The summed E-state index contributed by atoms with van der Waals surface area (Å²) in [5.41, 5.74) is 0. The van der Waals surface area contributed by atoms with E-state index >= 15 is 0 Å². The third-order valence-corrected chi connectivity index (χ3v) is 3.27. The van der Waals surface area contributed by atoms with E-state index < -0.39 is 0 Å². The Labute approximate surface area is 123 Å². The molecule has 5 heteroatoms. The summed E-state index contributed by atoms with van der Waals surface area (Å²) in [5, 5.41) is 3.26. The Balaban J connectivity index is 2.23. The summed E-state index contributed by atoms with van der Waals surface area (Å²) in [4.78, 5) is 14.0. The van der Waals surface area contributed by atoms with Gasteiger partial charge in [0.25, 0.3) is 0 Å². The Morgan fingerprint density at radius 1 is 1.40 bits per heavy atom. The van der Waals surface area contributed by atoms with Crippen molar-refractivity contribution >= 4 is 5.97 Å². The lowest BCUT2D eigenvalue weighted by Gasteiger charge is -2.25. The van der Waals surface area contributed by atoms with Crippen molar-refractivity contribution in [2.24, 2.45) is 5.92 Å². The topological polar surface area (TPSA) is 50.8 Å². The third-order valence-electron chi connectivity index (χ3n) is 3.27. The highest BCUT2D eigenvalue weighted by Crippen LogP contribution is 2.28. The predicted molar refractivity (Wildman–Crippen MR) is 79.7 cm³/mol. The second kappa shape index (κ2) is 9.32. The fourth-order valence-corrected chi connectivity index (χ4v) is 2.00. The van der Waals surface area contributed by atoms with E-state index in [9.17, 15) is 4.79 Å². The highest BCUT2D eigenvalue weighted by molar-refractivity contribution is 5.76. The lowest BCUT2D eigenvalue weighted by atomic mass is 10.2. The molecule has 1 fully saturated rings. The zero-order valence-corrected chi connectivity index (χ0v) is 13.4. The van der Waals surface area contributed by atoms with Gasteiger partial charge in [0.2, 0.25) is 0 Å². The molecule has 1 N–H and O–H groups in total. The minimum Gasteiger partial charge on any atom is -0.465 e. The molecule has 20 heavy (non-hydrogen) atoms. The molecule has 0 heterocycles. The molecule has 0 amide bonds. The number of nitrogens with one attached hydrogen (secondary N) is 1. The molecule has 0 aliphatic heterocycles. The van der Waals surface area contributed by atoms with Crippen molar-refractivity contribution in [3.05, 3.63) is 0 Å². The van der Waals surface area contributed by atoms with Gasteiger partial charge < -0.3 is 19.7 Å². The molecular formula is C15H30N2O3. The second-order valence-corrected chi connectivity index (χ2v) is 5.91. The van der Waals surface area contributed by atoms with Gasteiger partial charge in [-0.1, -0.05) is 13.8 Å². The van der Waals surface area contributed by atoms with Crippen LogP contribution in [0.15, 0.2) is 0 Å². The summed E-state index contributed by atoms with van der Waals surface area (Å²) in [5.74, 6) is 0.627. The van der Waals surface area contributed by atoms with Gasteiger partial charge in [0.05, 0.1) is 13.2 Å². The molecule has 0 aromatic carbocycles. The summed E-state index contributed by atoms with van der Waals surface area (Å²) in [7, 11) is 2.01. The molecule has 1 aliphatic carbocycles. The highest BCUT2D eigenvalue weighted by Gasteiger charge is 2.23. The molecule has 5 nitrogen and oxygen atoms in total. The standard InChI is InChI=1S/C15H30N2O3/c1-5-20-15(18)14(16-12(2)3)10-17(4)8-9-19-11-13-6-7-13/h12-14,16H,5-11H2,1-4H3. The molecule has 0 radical (unpaired) electrons. The fourth-order valence-electron chi connectivity index (χ4n) is 2.00. The Bertz CT molecular complexity index is 280. The van der Waals surface area contributed by atoms with Crippen molar-refractivity contribution in [1.29, 1.82) is 0 Å². The van der Waals surface area contributed by atoms with E-state index in [-0.39, 0.29) is 18.1 Å². The average molecular weight is 286 g/mol. The number of carbonyl (C=O) groups excluding carboxylic acids is 1. The van der Waals surface area contributed by atoms with Crippen LogP contribution < -0.4 is 5.32 Å². The zero-order chi connectivity index (χ0) is 15.0. The van der Waals surface area contributed by atoms with Crippen LogP contribution in [0.3, 0.4) is 0 Å². The molecule has 1 aliphatic rings. The van der Waals surface area contributed by atoms with Gasteiger partial charge in [0.1, 0.15) is 6.04 Å². The predicted octanol–water partition coefficient (Wildman–Crippen LogP) is 1.27. The van der Waals surface area contributed by atoms with E-state index in [0.717, 1.165) is 25.7 Å². The zero-order valence-electron chi connectivity index (χ0n) is 13.4. The number of rotatable bonds is 11. The van der Waals surface area contributed by atoms with Crippen LogP contribution in [0.1, 0.15) is 33.6 Å². The van der Waals surface area contributed by atoms with E-state index in [0.29, 0.717) is 13.2 Å². The number of carbonyl (C=O) groups is 1. The van der Waals surface area contributed by atoms with Crippen LogP contribution in [0.5, 0.6) is 0 Å². The molecule has 0 spiro atoms. The van der Waals surface area contributed by atoms with Crippen LogP contribution in [-0.4, -0.2) is 62.9 Å². The van der Waals surface area contributed by atoms with E-state index in [1.54, 1.807) is 0 Å². The molecule has 0 aromatic rings. The first-order valence-electron chi connectivity index (χ1n) is 7.71. The largest absolute Gasteiger partial charge is 0.465 e.